The molecule has 1 aromatic heterocycles. The summed E-state index contributed by atoms with van der Waals surface area (Å²) in [7, 11) is -2.78. The molecule has 0 bridgehead atoms. The SMILES string of the molecule is O=S1(=O)CCC(CNc2nnc(Br)s2)C1. The van der Waals surface area contributed by atoms with E-state index in [2.05, 4.69) is 31.4 Å². The average molecular weight is 312 g/mol. The minimum Gasteiger partial charge on any atom is -0.360 e. The lowest BCUT2D eigenvalue weighted by Gasteiger charge is -2.06. The van der Waals surface area contributed by atoms with Crippen molar-refractivity contribution in [3.05, 3.63) is 3.92 Å². The zero-order valence-corrected chi connectivity index (χ0v) is 11.0. The van der Waals surface area contributed by atoms with Gasteiger partial charge in [-0.15, -0.1) is 10.2 Å². The number of hydrogen-bond acceptors (Lipinski definition) is 6. The zero-order valence-electron chi connectivity index (χ0n) is 7.81. The van der Waals surface area contributed by atoms with Gasteiger partial charge in [0.25, 0.3) is 0 Å². The topological polar surface area (TPSA) is 72.0 Å². The predicted molar refractivity (Wildman–Crippen MR) is 62.9 cm³/mol. The van der Waals surface area contributed by atoms with Gasteiger partial charge in [-0.1, -0.05) is 11.3 Å². The molecule has 1 atom stereocenters. The van der Waals surface area contributed by atoms with Crippen LogP contribution >= 0.6 is 27.3 Å². The van der Waals surface area contributed by atoms with Gasteiger partial charge in [0, 0.05) is 6.54 Å². The summed E-state index contributed by atoms with van der Waals surface area (Å²) in [4.78, 5) is 0. The van der Waals surface area contributed by atoms with Gasteiger partial charge in [0.15, 0.2) is 13.8 Å². The number of rotatable bonds is 3. The third-order valence-corrected chi connectivity index (χ3v) is 5.42. The molecule has 1 saturated heterocycles. The van der Waals surface area contributed by atoms with Gasteiger partial charge in [0.05, 0.1) is 11.5 Å². The minimum atomic E-state index is -2.78. The molecule has 0 radical (unpaired) electrons. The molecule has 1 unspecified atom stereocenters. The molecule has 1 aliphatic heterocycles. The maximum atomic E-state index is 11.2. The molecule has 84 valence electrons. The van der Waals surface area contributed by atoms with Crippen molar-refractivity contribution in [2.75, 3.05) is 23.4 Å². The van der Waals surface area contributed by atoms with Crippen molar-refractivity contribution >= 4 is 42.2 Å². The van der Waals surface area contributed by atoms with E-state index in [0.717, 1.165) is 15.5 Å². The van der Waals surface area contributed by atoms with E-state index in [9.17, 15) is 8.42 Å². The molecular formula is C7H10BrN3O2S2. The van der Waals surface area contributed by atoms with E-state index in [1.807, 2.05) is 0 Å². The number of nitrogens with one attached hydrogen (secondary N) is 1. The third kappa shape index (κ3) is 3.12. The molecule has 1 fully saturated rings. The molecule has 1 N–H and O–H groups in total. The van der Waals surface area contributed by atoms with E-state index in [1.165, 1.54) is 11.3 Å². The molecule has 2 heterocycles. The lowest BCUT2D eigenvalue weighted by molar-refractivity contribution is 0.596. The van der Waals surface area contributed by atoms with Crippen molar-refractivity contribution in [1.82, 2.24) is 10.2 Å². The molecule has 0 saturated carbocycles. The lowest BCUT2D eigenvalue weighted by Crippen LogP contribution is -2.15. The van der Waals surface area contributed by atoms with Gasteiger partial charge < -0.3 is 5.32 Å². The first-order valence-electron chi connectivity index (χ1n) is 4.48. The monoisotopic (exact) mass is 311 g/mol. The maximum absolute atomic E-state index is 11.2. The fraction of sp³-hybridized carbons (Fsp3) is 0.714. The summed E-state index contributed by atoms with van der Waals surface area (Å²) in [6.45, 7) is 0.654. The Morgan fingerprint density at radius 2 is 2.33 bits per heavy atom. The van der Waals surface area contributed by atoms with Gasteiger partial charge in [-0.25, -0.2) is 8.42 Å². The molecule has 1 aliphatic rings. The molecule has 0 spiro atoms. The number of aromatic nitrogens is 2. The van der Waals surface area contributed by atoms with Gasteiger partial charge in [0.1, 0.15) is 0 Å². The van der Waals surface area contributed by atoms with Crippen molar-refractivity contribution in [2.24, 2.45) is 5.92 Å². The summed E-state index contributed by atoms with van der Waals surface area (Å²) in [6.07, 6.45) is 0.745. The summed E-state index contributed by atoms with van der Waals surface area (Å²) >= 11 is 4.62. The highest BCUT2D eigenvalue weighted by atomic mass is 79.9. The van der Waals surface area contributed by atoms with Crippen LogP contribution in [0.3, 0.4) is 0 Å². The largest absolute Gasteiger partial charge is 0.360 e. The van der Waals surface area contributed by atoms with E-state index in [4.69, 9.17) is 0 Å². The van der Waals surface area contributed by atoms with Crippen molar-refractivity contribution in [3.63, 3.8) is 0 Å². The normalized spacial score (nSPS) is 24.2. The van der Waals surface area contributed by atoms with E-state index in [1.54, 1.807) is 0 Å². The van der Waals surface area contributed by atoms with E-state index in [-0.39, 0.29) is 5.92 Å². The summed E-state index contributed by atoms with van der Waals surface area (Å²) in [6, 6.07) is 0. The molecule has 0 aromatic carbocycles. The third-order valence-electron chi connectivity index (χ3n) is 2.27. The van der Waals surface area contributed by atoms with Crippen molar-refractivity contribution in [3.8, 4) is 0 Å². The summed E-state index contributed by atoms with van der Waals surface area (Å²) in [5, 5.41) is 11.5. The Morgan fingerprint density at radius 1 is 1.53 bits per heavy atom. The van der Waals surface area contributed by atoms with Crippen LogP contribution < -0.4 is 5.32 Å². The van der Waals surface area contributed by atoms with Gasteiger partial charge in [-0.3, -0.25) is 0 Å². The first-order chi connectivity index (χ1) is 7.05. The molecule has 5 nitrogen and oxygen atoms in total. The molecule has 1 aromatic rings. The highest BCUT2D eigenvalue weighted by Gasteiger charge is 2.27. The van der Waals surface area contributed by atoms with Gasteiger partial charge in [-0.2, -0.15) is 0 Å². The summed E-state index contributed by atoms with van der Waals surface area (Å²) in [5.74, 6) is 0.816. The van der Waals surface area contributed by atoms with Crippen molar-refractivity contribution in [2.45, 2.75) is 6.42 Å². The summed E-state index contributed by atoms with van der Waals surface area (Å²) in [5.41, 5.74) is 0. The van der Waals surface area contributed by atoms with Crippen LogP contribution in [0.1, 0.15) is 6.42 Å². The highest BCUT2D eigenvalue weighted by molar-refractivity contribution is 9.11. The maximum Gasteiger partial charge on any atom is 0.206 e. The number of halogens is 1. The fourth-order valence-electron chi connectivity index (χ4n) is 1.54. The number of anilines is 1. The molecular weight excluding hydrogens is 302 g/mol. The number of hydrogen-bond donors (Lipinski definition) is 1. The standard InChI is InChI=1S/C7H10BrN3O2S2/c8-6-10-11-7(14-6)9-3-5-1-2-15(12,13)4-5/h5H,1-4H2,(H,9,11). The molecule has 0 amide bonds. The zero-order chi connectivity index (χ0) is 10.9. The summed E-state index contributed by atoms with van der Waals surface area (Å²) < 4.78 is 23.1. The van der Waals surface area contributed by atoms with Crippen LogP contribution in [0.2, 0.25) is 0 Å². The second-order valence-electron chi connectivity index (χ2n) is 3.51. The fourth-order valence-corrected chi connectivity index (χ4v) is 4.42. The van der Waals surface area contributed by atoms with Crippen LogP contribution in [-0.2, 0) is 9.84 Å². The van der Waals surface area contributed by atoms with Crippen molar-refractivity contribution < 1.29 is 8.42 Å². The van der Waals surface area contributed by atoms with Gasteiger partial charge in [0.2, 0.25) is 5.13 Å². The molecule has 8 heteroatoms. The average Bonchev–Trinajstić information content (AvgIpc) is 2.69. The van der Waals surface area contributed by atoms with E-state index >= 15 is 0 Å². The Kier molecular flexibility index (Phi) is 3.27. The van der Waals surface area contributed by atoms with E-state index in [0.29, 0.717) is 18.1 Å². The van der Waals surface area contributed by atoms with Crippen LogP contribution in [0.15, 0.2) is 3.92 Å². The Hall–Kier alpha value is -0.210. The van der Waals surface area contributed by atoms with Crippen LogP contribution in [-0.4, -0.2) is 36.7 Å². The second kappa shape index (κ2) is 4.34. The molecule has 2 rings (SSSR count). The molecule has 0 aliphatic carbocycles. The first-order valence-corrected chi connectivity index (χ1v) is 7.91. The quantitative estimate of drug-likeness (QED) is 0.906. The predicted octanol–water partition coefficient (Wildman–Crippen LogP) is 1.15. The molecule has 15 heavy (non-hydrogen) atoms. The van der Waals surface area contributed by atoms with Gasteiger partial charge >= 0.3 is 0 Å². The van der Waals surface area contributed by atoms with Crippen LogP contribution in [0.25, 0.3) is 0 Å². The van der Waals surface area contributed by atoms with Crippen LogP contribution in [0.4, 0.5) is 5.13 Å². The highest BCUT2D eigenvalue weighted by Crippen LogP contribution is 2.22. The van der Waals surface area contributed by atoms with Crippen molar-refractivity contribution in [1.29, 1.82) is 0 Å². The Bertz CT molecular complexity index is 445. The van der Waals surface area contributed by atoms with E-state index < -0.39 is 9.84 Å². The Labute approximate surface area is 100 Å². The Balaban J connectivity index is 1.85. The van der Waals surface area contributed by atoms with Crippen LogP contribution in [0, 0.1) is 5.92 Å². The van der Waals surface area contributed by atoms with Crippen LogP contribution in [0.5, 0.6) is 0 Å². The number of sulfone groups is 1. The lowest BCUT2D eigenvalue weighted by atomic mass is 10.1. The minimum absolute atomic E-state index is 0.206. The Morgan fingerprint density at radius 3 is 2.87 bits per heavy atom. The first kappa shape index (κ1) is 11.3. The number of nitrogens with zero attached hydrogens (tertiary/aromatic N) is 2. The second-order valence-corrected chi connectivity index (χ2v) is 7.99. The smallest absolute Gasteiger partial charge is 0.206 e. The van der Waals surface area contributed by atoms with Gasteiger partial charge in [-0.05, 0) is 28.3 Å².